The quantitative estimate of drug-likeness (QED) is 0.737. The predicted octanol–water partition coefficient (Wildman–Crippen LogP) is 4.60. The van der Waals surface area contributed by atoms with E-state index in [1.54, 1.807) is 11.3 Å². The lowest BCUT2D eigenvalue weighted by Gasteiger charge is -2.13. The van der Waals surface area contributed by atoms with Gasteiger partial charge in [0.25, 0.3) is 0 Å². The van der Waals surface area contributed by atoms with Crippen LogP contribution in [0.3, 0.4) is 0 Å². The number of halogens is 1. The van der Waals surface area contributed by atoms with Crippen LogP contribution in [0.15, 0.2) is 34.1 Å². The standard InChI is InChI=1S/C16H20BrNO2S/c1-3-8-19-13-5-4-12(10-18-2)15(9-13)20-11-14-6-7-16(17)21-14/h4-7,9,18H,3,8,10-11H2,1-2H3. The topological polar surface area (TPSA) is 30.5 Å². The molecule has 21 heavy (non-hydrogen) atoms. The highest BCUT2D eigenvalue weighted by Gasteiger charge is 2.07. The largest absolute Gasteiger partial charge is 0.493 e. The van der Waals surface area contributed by atoms with Crippen LogP contribution in [0.1, 0.15) is 23.8 Å². The Morgan fingerprint density at radius 3 is 2.71 bits per heavy atom. The lowest BCUT2D eigenvalue weighted by atomic mass is 10.2. The summed E-state index contributed by atoms with van der Waals surface area (Å²) in [6, 6.07) is 10.1. The van der Waals surface area contributed by atoms with Crippen LogP contribution in [0.4, 0.5) is 0 Å². The second-order valence-electron chi connectivity index (χ2n) is 4.64. The van der Waals surface area contributed by atoms with Gasteiger partial charge in [-0.15, -0.1) is 11.3 Å². The third-order valence-corrected chi connectivity index (χ3v) is 4.47. The van der Waals surface area contributed by atoms with Crippen LogP contribution in [-0.2, 0) is 13.2 Å². The molecule has 1 aromatic carbocycles. The van der Waals surface area contributed by atoms with Crippen molar-refractivity contribution in [1.82, 2.24) is 5.32 Å². The van der Waals surface area contributed by atoms with Crippen LogP contribution in [0, 0.1) is 0 Å². The Labute approximate surface area is 138 Å². The summed E-state index contributed by atoms with van der Waals surface area (Å²) in [6.07, 6.45) is 0.998. The molecule has 0 atom stereocenters. The maximum atomic E-state index is 5.98. The zero-order valence-corrected chi connectivity index (χ0v) is 14.7. The van der Waals surface area contributed by atoms with Gasteiger partial charge in [0.2, 0.25) is 0 Å². The number of hydrogen-bond donors (Lipinski definition) is 1. The van der Waals surface area contributed by atoms with E-state index < -0.39 is 0 Å². The van der Waals surface area contributed by atoms with Gasteiger partial charge in [-0.25, -0.2) is 0 Å². The third kappa shape index (κ3) is 5.02. The monoisotopic (exact) mass is 369 g/mol. The fraction of sp³-hybridized carbons (Fsp3) is 0.375. The highest BCUT2D eigenvalue weighted by atomic mass is 79.9. The van der Waals surface area contributed by atoms with Crippen LogP contribution in [-0.4, -0.2) is 13.7 Å². The third-order valence-electron chi connectivity index (χ3n) is 2.88. The van der Waals surface area contributed by atoms with E-state index in [9.17, 15) is 0 Å². The zero-order chi connectivity index (χ0) is 15.1. The first-order valence-corrected chi connectivity index (χ1v) is 8.61. The molecule has 0 amide bonds. The van der Waals surface area contributed by atoms with Gasteiger partial charge in [0.15, 0.2) is 0 Å². The summed E-state index contributed by atoms with van der Waals surface area (Å²) < 4.78 is 12.8. The van der Waals surface area contributed by atoms with Crippen molar-refractivity contribution in [3.05, 3.63) is 44.6 Å². The minimum absolute atomic E-state index is 0.574. The fourth-order valence-electron chi connectivity index (χ4n) is 1.89. The first-order chi connectivity index (χ1) is 10.2. The number of rotatable bonds is 8. The summed E-state index contributed by atoms with van der Waals surface area (Å²) in [5.41, 5.74) is 1.14. The van der Waals surface area contributed by atoms with Crippen LogP contribution in [0.5, 0.6) is 11.5 Å². The normalized spacial score (nSPS) is 10.6. The molecule has 0 saturated carbocycles. The van der Waals surface area contributed by atoms with Crippen molar-refractivity contribution in [1.29, 1.82) is 0 Å². The molecule has 0 radical (unpaired) electrons. The molecule has 0 aliphatic heterocycles. The van der Waals surface area contributed by atoms with E-state index in [4.69, 9.17) is 9.47 Å². The van der Waals surface area contributed by atoms with Gasteiger partial charge in [-0.3, -0.25) is 0 Å². The molecule has 5 heteroatoms. The molecule has 2 aromatic rings. The van der Waals surface area contributed by atoms with Gasteiger partial charge in [0, 0.05) is 23.1 Å². The molecule has 0 fully saturated rings. The average molecular weight is 370 g/mol. The van der Waals surface area contributed by atoms with Crippen molar-refractivity contribution in [2.24, 2.45) is 0 Å². The second-order valence-corrected chi connectivity index (χ2v) is 7.19. The van der Waals surface area contributed by atoms with Crippen molar-refractivity contribution in [2.75, 3.05) is 13.7 Å². The van der Waals surface area contributed by atoms with E-state index in [0.29, 0.717) is 6.61 Å². The average Bonchev–Trinajstić information content (AvgIpc) is 2.90. The van der Waals surface area contributed by atoms with E-state index in [-0.39, 0.29) is 0 Å². The predicted molar refractivity (Wildman–Crippen MR) is 91.3 cm³/mol. The Bertz CT molecular complexity index is 571. The molecule has 0 bridgehead atoms. The van der Waals surface area contributed by atoms with Crippen molar-refractivity contribution >= 4 is 27.3 Å². The maximum Gasteiger partial charge on any atom is 0.128 e. The van der Waals surface area contributed by atoms with E-state index in [1.807, 2.05) is 25.2 Å². The Morgan fingerprint density at radius 1 is 1.19 bits per heavy atom. The number of nitrogens with one attached hydrogen (secondary N) is 1. The summed E-state index contributed by atoms with van der Waals surface area (Å²) in [5, 5.41) is 3.16. The molecule has 3 nitrogen and oxygen atoms in total. The van der Waals surface area contributed by atoms with Gasteiger partial charge in [0.05, 0.1) is 10.4 Å². The molecule has 0 saturated heterocycles. The second kappa shape index (κ2) is 8.41. The van der Waals surface area contributed by atoms with Gasteiger partial charge in [-0.05, 0) is 47.6 Å². The summed E-state index contributed by atoms with van der Waals surface area (Å²) in [7, 11) is 1.93. The molecule has 1 heterocycles. The van der Waals surface area contributed by atoms with Crippen LogP contribution in [0.25, 0.3) is 0 Å². The van der Waals surface area contributed by atoms with Gasteiger partial charge in [0.1, 0.15) is 18.1 Å². The van der Waals surface area contributed by atoms with Crippen molar-refractivity contribution in [2.45, 2.75) is 26.5 Å². The smallest absolute Gasteiger partial charge is 0.128 e. The number of thiophene rings is 1. The Hall–Kier alpha value is -1.04. The number of benzene rings is 1. The van der Waals surface area contributed by atoms with Crippen molar-refractivity contribution in [3.63, 3.8) is 0 Å². The number of ether oxygens (including phenoxy) is 2. The van der Waals surface area contributed by atoms with Crippen molar-refractivity contribution < 1.29 is 9.47 Å². The van der Waals surface area contributed by atoms with Crippen LogP contribution >= 0.6 is 27.3 Å². The van der Waals surface area contributed by atoms with E-state index in [1.165, 1.54) is 4.88 Å². The van der Waals surface area contributed by atoms with E-state index in [0.717, 1.165) is 40.4 Å². The molecule has 0 spiro atoms. The fourth-order valence-corrected chi connectivity index (χ4v) is 3.29. The van der Waals surface area contributed by atoms with Gasteiger partial charge in [-0.1, -0.05) is 13.0 Å². The highest BCUT2D eigenvalue weighted by molar-refractivity contribution is 9.11. The molecule has 0 unspecified atom stereocenters. The van der Waals surface area contributed by atoms with E-state index in [2.05, 4.69) is 40.3 Å². The molecule has 0 aliphatic rings. The molecule has 1 aromatic heterocycles. The molecular weight excluding hydrogens is 350 g/mol. The van der Waals surface area contributed by atoms with Gasteiger partial charge >= 0.3 is 0 Å². The minimum atomic E-state index is 0.574. The summed E-state index contributed by atoms with van der Waals surface area (Å²) in [4.78, 5) is 1.19. The Kier molecular flexibility index (Phi) is 6.54. The lowest BCUT2D eigenvalue weighted by molar-refractivity contribution is 0.294. The van der Waals surface area contributed by atoms with Crippen molar-refractivity contribution in [3.8, 4) is 11.5 Å². The highest BCUT2D eigenvalue weighted by Crippen LogP contribution is 2.28. The summed E-state index contributed by atoms with van der Waals surface area (Å²) in [5.74, 6) is 1.74. The first-order valence-electron chi connectivity index (χ1n) is 7.00. The Balaban J connectivity index is 2.09. The Morgan fingerprint density at radius 2 is 2.05 bits per heavy atom. The van der Waals surface area contributed by atoms with Crippen LogP contribution in [0.2, 0.25) is 0 Å². The lowest BCUT2D eigenvalue weighted by Crippen LogP contribution is -2.08. The van der Waals surface area contributed by atoms with Gasteiger partial charge in [-0.2, -0.15) is 0 Å². The SMILES string of the molecule is CCCOc1ccc(CNC)c(OCc2ccc(Br)s2)c1. The number of hydrogen-bond acceptors (Lipinski definition) is 4. The minimum Gasteiger partial charge on any atom is -0.493 e. The molecule has 0 aliphatic carbocycles. The summed E-state index contributed by atoms with van der Waals surface area (Å²) >= 11 is 5.16. The maximum absolute atomic E-state index is 5.98. The molecule has 114 valence electrons. The zero-order valence-electron chi connectivity index (χ0n) is 12.3. The molecule has 1 N–H and O–H groups in total. The summed E-state index contributed by atoms with van der Waals surface area (Å²) in [6.45, 7) is 4.17. The van der Waals surface area contributed by atoms with E-state index >= 15 is 0 Å². The first kappa shape index (κ1) is 16.3. The molecule has 2 rings (SSSR count). The molecular formula is C16H20BrNO2S. The van der Waals surface area contributed by atoms with Gasteiger partial charge < -0.3 is 14.8 Å². The van der Waals surface area contributed by atoms with Crippen LogP contribution < -0.4 is 14.8 Å².